The van der Waals surface area contributed by atoms with Crippen molar-refractivity contribution in [2.24, 2.45) is 0 Å². The average Bonchev–Trinajstić information content (AvgIpc) is 2.41. The van der Waals surface area contributed by atoms with E-state index in [0.717, 1.165) is 26.1 Å². The van der Waals surface area contributed by atoms with Gasteiger partial charge in [0, 0.05) is 24.5 Å². The van der Waals surface area contributed by atoms with Crippen LogP contribution in [0.5, 0.6) is 0 Å². The number of anilines is 2. The van der Waals surface area contributed by atoms with Gasteiger partial charge in [-0.3, -0.25) is 9.69 Å². The molecule has 1 saturated heterocycles. The molecule has 1 aliphatic heterocycles. The van der Waals surface area contributed by atoms with Gasteiger partial charge in [-0.25, -0.2) is 0 Å². The van der Waals surface area contributed by atoms with Crippen molar-refractivity contribution in [3.63, 3.8) is 0 Å². The van der Waals surface area contributed by atoms with Gasteiger partial charge in [-0.05, 0) is 45.0 Å². The van der Waals surface area contributed by atoms with E-state index in [-0.39, 0.29) is 18.1 Å². The van der Waals surface area contributed by atoms with Crippen LogP contribution in [0.25, 0.3) is 0 Å². The SMILES string of the molecule is CC1CN(CCCC(=O)Nc2ccc(Cl)cc2N)CC(C)O1. The van der Waals surface area contributed by atoms with Gasteiger partial charge >= 0.3 is 0 Å². The second-order valence-electron chi connectivity index (χ2n) is 5.90. The summed E-state index contributed by atoms with van der Waals surface area (Å²) in [5.74, 6) is -0.0246. The van der Waals surface area contributed by atoms with Gasteiger partial charge < -0.3 is 15.8 Å². The summed E-state index contributed by atoms with van der Waals surface area (Å²) in [6.45, 7) is 6.92. The first-order chi connectivity index (χ1) is 10.4. The maximum atomic E-state index is 12.0. The van der Waals surface area contributed by atoms with Crippen LogP contribution in [0.3, 0.4) is 0 Å². The fourth-order valence-corrected chi connectivity index (χ4v) is 2.97. The Labute approximate surface area is 136 Å². The molecule has 22 heavy (non-hydrogen) atoms. The molecule has 0 bridgehead atoms. The number of hydrogen-bond acceptors (Lipinski definition) is 4. The van der Waals surface area contributed by atoms with E-state index in [9.17, 15) is 4.79 Å². The molecule has 0 aliphatic carbocycles. The molecule has 1 aliphatic rings. The number of rotatable bonds is 5. The summed E-state index contributed by atoms with van der Waals surface area (Å²) in [5.41, 5.74) is 6.92. The summed E-state index contributed by atoms with van der Waals surface area (Å²) in [6, 6.07) is 5.07. The number of carbonyl (C=O) groups excluding carboxylic acids is 1. The second kappa shape index (κ2) is 7.81. The number of nitrogens with one attached hydrogen (secondary N) is 1. The number of halogens is 1. The first kappa shape index (κ1) is 17.1. The van der Waals surface area contributed by atoms with Gasteiger partial charge in [0.25, 0.3) is 0 Å². The Hall–Kier alpha value is -1.30. The fourth-order valence-electron chi connectivity index (χ4n) is 2.79. The molecule has 2 rings (SSSR count). The van der Waals surface area contributed by atoms with Crippen LogP contribution in [0.15, 0.2) is 18.2 Å². The molecule has 2 atom stereocenters. The van der Waals surface area contributed by atoms with E-state index >= 15 is 0 Å². The molecular weight excluding hydrogens is 302 g/mol. The lowest BCUT2D eigenvalue weighted by molar-refractivity contribution is -0.116. The number of benzene rings is 1. The number of nitrogens with zero attached hydrogens (tertiary/aromatic N) is 1. The van der Waals surface area contributed by atoms with Crippen molar-refractivity contribution in [2.45, 2.75) is 38.9 Å². The molecule has 1 fully saturated rings. The third-order valence-electron chi connectivity index (χ3n) is 3.66. The molecule has 2 unspecified atom stereocenters. The van der Waals surface area contributed by atoms with E-state index in [4.69, 9.17) is 22.1 Å². The van der Waals surface area contributed by atoms with Gasteiger partial charge in [-0.15, -0.1) is 0 Å². The monoisotopic (exact) mass is 325 g/mol. The molecule has 1 heterocycles. The summed E-state index contributed by atoms with van der Waals surface area (Å²) in [4.78, 5) is 14.3. The zero-order valence-corrected chi connectivity index (χ0v) is 13.9. The highest BCUT2D eigenvalue weighted by molar-refractivity contribution is 6.31. The first-order valence-electron chi connectivity index (χ1n) is 7.66. The zero-order chi connectivity index (χ0) is 16.1. The van der Waals surface area contributed by atoms with Gasteiger partial charge in [0.05, 0.1) is 23.6 Å². The smallest absolute Gasteiger partial charge is 0.224 e. The molecule has 1 amide bonds. The van der Waals surface area contributed by atoms with Crippen LogP contribution in [0.1, 0.15) is 26.7 Å². The van der Waals surface area contributed by atoms with Gasteiger partial charge in [0.2, 0.25) is 5.91 Å². The van der Waals surface area contributed by atoms with Crippen LogP contribution in [-0.2, 0) is 9.53 Å². The van der Waals surface area contributed by atoms with Crippen molar-refractivity contribution >= 4 is 28.9 Å². The van der Waals surface area contributed by atoms with Crippen LogP contribution in [0.2, 0.25) is 5.02 Å². The lowest BCUT2D eigenvalue weighted by Gasteiger charge is -2.35. The van der Waals surface area contributed by atoms with Crippen molar-refractivity contribution in [2.75, 3.05) is 30.7 Å². The molecule has 3 N–H and O–H groups in total. The average molecular weight is 326 g/mol. The highest BCUT2D eigenvalue weighted by Crippen LogP contribution is 2.22. The van der Waals surface area contributed by atoms with Gasteiger partial charge in [-0.1, -0.05) is 11.6 Å². The lowest BCUT2D eigenvalue weighted by Crippen LogP contribution is -2.45. The third kappa shape index (κ3) is 5.16. The Balaban J connectivity index is 1.73. The molecule has 0 aromatic heterocycles. The number of morpholine rings is 1. The van der Waals surface area contributed by atoms with Crippen LogP contribution < -0.4 is 11.1 Å². The number of carbonyl (C=O) groups is 1. The van der Waals surface area contributed by atoms with Crippen molar-refractivity contribution in [1.29, 1.82) is 0 Å². The van der Waals surface area contributed by atoms with E-state index in [1.54, 1.807) is 18.2 Å². The number of nitrogen functional groups attached to an aromatic ring is 1. The second-order valence-corrected chi connectivity index (χ2v) is 6.34. The molecule has 122 valence electrons. The summed E-state index contributed by atoms with van der Waals surface area (Å²) < 4.78 is 5.70. The number of nitrogens with two attached hydrogens (primary N) is 1. The summed E-state index contributed by atoms with van der Waals surface area (Å²) in [6.07, 6.45) is 1.80. The third-order valence-corrected chi connectivity index (χ3v) is 3.90. The quantitative estimate of drug-likeness (QED) is 0.817. The predicted octanol–water partition coefficient (Wildman–Crippen LogP) is 2.75. The Morgan fingerprint density at radius 2 is 2.09 bits per heavy atom. The molecule has 5 nitrogen and oxygen atoms in total. The minimum atomic E-state index is -0.0246. The molecule has 0 saturated carbocycles. The first-order valence-corrected chi connectivity index (χ1v) is 8.04. The minimum Gasteiger partial charge on any atom is -0.397 e. The van der Waals surface area contributed by atoms with Crippen LogP contribution in [0.4, 0.5) is 11.4 Å². The predicted molar refractivity (Wildman–Crippen MR) is 90.2 cm³/mol. The van der Waals surface area contributed by atoms with E-state index < -0.39 is 0 Å². The van der Waals surface area contributed by atoms with Crippen molar-refractivity contribution < 1.29 is 9.53 Å². The maximum Gasteiger partial charge on any atom is 0.224 e. The molecule has 1 aromatic rings. The maximum absolute atomic E-state index is 12.0. The summed E-state index contributed by atoms with van der Waals surface area (Å²) >= 11 is 5.84. The van der Waals surface area contributed by atoms with Crippen LogP contribution in [-0.4, -0.2) is 42.6 Å². The highest BCUT2D eigenvalue weighted by Gasteiger charge is 2.21. The molecular formula is C16H24ClN3O2. The summed E-state index contributed by atoms with van der Waals surface area (Å²) in [5, 5.41) is 3.39. The minimum absolute atomic E-state index is 0.0246. The van der Waals surface area contributed by atoms with Crippen molar-refractivity contribution in [3.05, 3.63) is 23.2 Å². The van der Waals surface area contributed by atoms with Crippen LogP contribution >= 0.6 is 11.6 Å². The van der Waals surface area contributed by atoms with Gasteiger partial charge in [-0.2, -0.15) is 0 Å². The van der Waals surface area contributed by atoms with E-state index in [1.165, 1.54) is 0 Å². The van der Waals surface area contributed by atoms with E-state index in [1.807, 2.05) is 0 Å². The normalized spacial score (nSPS) is 22.5. The topological polar surface area (TPSA) is 67.6 Å². The molecule has 0 spiro atoms. The number of amides is 1. The van der Waals surface area contributed by atoms with Crippen molar-refractivity contribution in [1.82, 2.24) is 4.90 Å². The Morgan fingerprint density at radius 3 is 2.73 bits per heavy atom. The largest absolute Gasteiger partial charge is 0.397 e. The van der Waals surface area contributed by atoms with Gasteiger partial charge in [0.1, 0.15) is 0 Å². The Bertz CT molecular complexity index is 514. The van der Waals surface area contributed by atoms with E-state index in [2.05, 4.69) is 24.1 Å². The Kier molecular flexibility index (Phi) is 6.06. The fraction of sp³-hybridized carbons (Fsp3) is 0.562. The standard InChI is InChI=1S/C16H24ClN3O2/c1-11-9-20(10-12(2)22-11)7-3-4-16(21)19-15-6-5-13(17)8-14(15)18/h5-6,8,11-12H,3-4,7,9-10,18H2,1-2H3,(H,19,21). The molecule has 6 heteroatoms. The zero-order valence-electron chi connectivity index (χ0n) is 13.1. The summed E-state index contributed by atoms with van der Waals surface area (Å²) in [7, 11) is 0. The van der Waals surface area contributed by atoms with E-state index in [0.29, 0.717) is 22.8 Å². The Morgan fingerprint density at radius 1 is 1.41 bits per heavy atom. The van der Waals surface area contributed by atoms with Gasteiger partial charge in [0.15, 0.2) is 0 Å². The van der Waals surface area contributed by atoms with Crippen molar-refractivity contribution in [3.8, 4) is 0 Å². The number of hydrogen-bond donors (Lipinski definition) is 2. The molecule has 0 radical (unpaired) electrons. The lowest BCUT2D eigenvalue weighted by atomic mass is 10.2. The van der Waals surface area contributed by atoms with Crippen LogP contribution in [0, 0.1) is 0 Å². The molecule has 1 aromatic carbocycles. The number of ether oxygens (including phenoxy) is 1. The highest BCUT2D eigenvalue weighted by atomic mass is 35.5.